The van der Waals surface area contributed by atoms with Crippen molar-refractivity contribution >= 4 is 45.0 Å². The molecular formula is C28H23IO. The Morgan fingerprint density at radius 1 is 0.900 bits per heavy atom. The lowest BCUT2D eigenvalue weighted by molar-refractivity contribution is 0.417. The van der Waals surface area contributed by atoms with Gasteiger partial charge in [-0.15, -0.1) is 0 Å². The van der Waals surface area contributed by atoms with Gasteiger partial charge < -0.3 is 4.74 Å². The number of halogens is 1. The quantitative estimate of drug-likeness (QED) is 0.298. The van der Waals surface area contributed by atoms with Crippen molar-refractivity contribution in [3.05, 3.63) is 111 Å². The number of rotatable bonds is 4. The predicted octanol–water partition coefficient (Wildman–Crippen LogP) is 6.31. The highest BCUT2D eigenvalue weighted by molar-refractivity contribution is 14.1. The zero-order valence-corrected chi connectivity index (χ0v) is 19.3. The highest BCUT2D eigenvalue weighted by Gasteiger charge is 2.16. The minimum absolute atomic E-state index is 0.891. The molecule has 0 N–H and O–H groups in total. The second-order valence-corrected chi connectivity index (χ2v) is 8.22. The van der Waals surface area contributed by atoms with Gasteiger partial charge in [-0.3, -0.25) is 0 Å². The molecule has 148 valence electrons. The van der Waals surface area contributed by atoms with Crippen molar-refractivity contribution in [3.8, 4) is 16.9 Å². The predicted molar refractivity (Wildman–Crippen MR) is 137 cm³/mol. The molecule has 0 unspecified atom stereocenters. The van der Waals surface area contributed by atoms with Crippen molar-refractivity contribution in [3.63, 3.8) is 0 Å². The van der Waals surface area contributed by atoms with Crippen molar-refractivity contribution in [2.24, 2.45) is 0 Å². The lowest BCUT2D eigenvalue weighted by atomic mass is 9.94. The van der Waals surface area contributed by atoms with Crippen LogP contribution >= 0.6 is 22.6 Å². The number of hydrogen-bond donors (Lipinski definition) is 0. The first-order chi connectivity index (χ1) is 14.7. The highest BCUT2D eigenvalue weighted by atomic mass is 127. The Morgan fingerprint density at radius 2 is 1.67 bits per heavy atom. The van der Waals surface area contributed by atoms with Gasteiger partial charge >= 0.3 is 0 Å². The minimum atomic E-state index is 0.891. The second kappa shape index (κ2) is 8.88. The fourth-order valence-electron chi connectivity index (χ4n) is 3.97. The van der Waals surface area contributed by atoms with E-state index in [9.17, 15) is 0 Å². The molecule has 0 aliphatic carbocycles. The molecular weight excluding hydrogens is 479 g/mol. The van der Waals surface area contributed by atoms with E-state index in [-0.39, 0.29) is 0 Å². The Balaban J connectivity index is 2.05. The first kappa shape index (κ1) is 20.4. The lowest BCUT2D eigenvalue weighted by Crippen LogP contribution is -2.26. The zero-order valence-electron chi connectivity index (χ0n) is 17.2. The Kier molecular flexibility index (Phi) is 6.05. The Morgan fingerprint density at radius 3 is 2.47 bits per heavy atom. The van der Waals surface area contributed by atoms with E-state index < -0.39 is 0 Å². The number of benzene rings is 4. The van der Waals surface area contributed by atoms with Crippen LogP contribution in [0.15, 0.2) is 91.5 Å². The summed E-state index contributed by atoms with van der Waals surface area (Å²) in [4.78, 5) is 0. The third-order valence-corrected chi connectivity index (χ3v) is 6.61. The van der Waals surface area contributed by atoms with Crippen molar-refractivity contribution < 1.29 is 4.74 Å². The average molecular weight is 502 g/mol. The summed E-state index contributed by atoms with van der Waals surface area (Å²) >= 11 is 2.48. The molecule has 4 aromatic rings. The third kappa shape index (κ3) is 3.68. The Labute approximate surface area is 191 Å². The monoisotopic (exact) mass is 502 g/mol. The molecule has 4 aromatic carbocycles. The van der Waals surface area contributed by atoms with Crippen molar-refractivity contribution in [2.75, 3.05) is 7.11 Å². The van der Waals surface area contributed by atoms with Crippen LogP contribution in [0.3, 0.4) is 0 Å². The van der Waals surface area contributed by atoms with Crippen molar-refractivity contribution in [1.29, 1.82) is 0 Å². The van der Waals surface area contributed by atoms with E-state index in [2.05, 4.69) is 121 Å². The van der Waals surface area contributed by atoms with Crippen molar-refractivity contribution in [2.45, 2.75) is 6.92 Å². The van der Waals surface area contributed by atoms with Crippen LogP contribution in [0.2, 0.25) is 0 Å². The molecule has 30 heavy (non-hydrogen) atoms. The summed E-state index contributed by atoms with van der Waals surface area (Å²) in [5, 5.41) is 4.80. The van der Waals surface area contributed by atoms with Crippen LogP contribution in [0.5, 0.6) is 5.75 Å². The van der Waals surface area contributed by atoms with Gasteiger partial charge in [-0.05, 0) is 73.5 Å². The van der Waals surface area contributed by atoms with E-state index in [4.69, 9.17) is 4.74 Å². The van der Waals surface area contributed by atoms with Crippen LogP contribution in [-0.4, -0.2) is 7.11 Å². The molecule has 2 heteroatoms. The largest absolute Gasteiger partial charge is 0.496 e. The van der Waals surface area contributed by atoms with Crippen molar-refractivity contribution in [1.82, 2.24) is 0 Å². The van der Waals surface area contributed by atoms with Crippen LogP contribution in [-0.2, 0) is 0 Å². The maximum absolute atomic E-state index is 5.77. The van der Waals surface area contributed by atoms with E-state index in [0.29, 0.717) is 0 Å². The minimum Gasteiger partial charge on any atom is -0.496 e. The van der Waals surface area contributed by atoms with Gasteiger partial charge in [-0.25, -0.2) is 0 Å². The molecule has 0 radical (unpaired) electrons. The molecule has 0 amide bonds. The molecule has 1 nitrogen and oxygen atoms in total. The number of ether oxygens (including phenoxy) is 1. The number of methoxy groups -OCH3 is 1. The molecule has 0 spiro atoms. The SMILES string of the molecule is C=C/C=c1/cccc/c1=C(/C)c1cccc(-c2c(OC)ccc3ccccc23)c1I. The molecule has 0 bridgehead atoms. The molecule has 0 aromatic heterocycles. The zero-order chi connectivity index (χ0) is 21.1. The van der Waals surface area contributed by atoms with E-state index in [1.54, 1.807) is 7.11 Å². The summed E-state index contributed by atoms with van der Waals surface area (Å²) in [6.45, 7) is 6.06. The van der Waals surface area contributed by atoms with Gasteiger partial charge in [0.05, 0.1) is 7.11 Å². The standard InChI is InChI=1S/C28H23IO/c1-4-10-20-11-5-7-13-22(20)19(2)23-15-9-16-25(28(23)29)27-24-14-8-6-12-21(24)17-18-26(27)30-3/h4-18H,1H2,2-3H3/b20-10-,22-19+. The first-order valence-electron chi connectivity index (χ1n) is 9.89. The fraction of sp³-hybridized carbons (Fsp3) is 0.0714. The normalized spacial score (nSPS) is 12.7. The van der Waals surface area contributed by atoms with Gasteiger partial charge in [-0.1, -0.05) is 91.5 Å². The number of allylic oxidation sites excluding steroid dienone is 1. The molecule has 0 fully saturated rings. The van der Waals surface area contributed by atoms with E-state index >= 15 is 0 Å². The summed E-state index contributed by atoms with van der Waals surface area (Å²) in [6.07, 6.45) is 3.90. The molecule has 0 saturated carbocycles. The summed E-state index contributed by atoms with van der Waals surface area (Å²) < 4.78 is 6.99. The van der Waals surface area contributed by atoms with Gasteiger partial charge in [0.25, 0.3) is 0 Å². The van der Waals surface area contributed by atoms with Gasteiger partial charge in [-0.2, -0.15) is 0 Å². The maximum Gasteiger partial charge on any atom is 0.127 e. The molecule has 0 aliphatic heterocycles. The molecule has 4 rings (SSSR count). The van der Waals surface area contributed by atoms with Crippen LogP contribution in [0.4, 0.5) is 0 Å². The Bertz CT molecular complexity index is 1370. The highest BCUT2D eigenvalue weighted by Crippen LogP contribution is 2.40. The lowest BCUT2D eigenvalue weighted by Gasteiger charge is -2.16. The number of hydrogen-bond acceptors (Lipinski definition) is 1. The Hall–Kier alpha value is -2.85. The van der Waals surface area contributed by atoms with E-state index in [0.717, 1.165) is 11.3 Å². The van der Waals surface area contributed by atoms with Crippen LogP contribution < -0.4 is 15.2 Å². The smallest absolute Gasteiger partial charge is 0.127 e. The first-order valence-corrected chi connectivity index (χ1v) is 11.0. The van der Waals surface area contributed by atoms with E-state index in [1.807, 2.05) is 6.08 Å². The summed E-state index contributed by atoms with van der Waals surface area (Å²) in [5.74, 6) is 0.891. The van der Waals surface area contributed by atoms with Crippen LogP contribution in [0.1, 0.15) is 12.5 Å². The topological polar surface area (TPSA) is 9.23 Å². The van der Waals surface area contributed by atoms with Gasteiger partial charge in [0, 0.05) is 9.13 Å². The summed E-state index contributed by atoms with van der Waals surface area (Å²) in [6, 6.07) is 27.6. The molecule has 0 aliphatic rings. The van der Waals surface area contributed by atoms with E-state index in [1.165, 1.54) is 41.5 Å². The molecule has 0 atom stereocenters. The molecule has 0 saturated heterocycles. The van der Waals surface area contributed by atoms with Gasteiger partial charge in [0.1, 0.15) is 5.75 Å². The van der Waals surface area contributed by atoms with Gasteiger partial charge in [0.2, 0.25) is 0 Å². The average Bonchev–Trinajstić information content (AvgIpc) is 2.79. The third-order valence-electron chi connectivity index (χ3n) is 5.44. The fourth-order valence-corrected chi connectivity index (χ4v) is 5.00. The second-order valence-electron chi connectivity index (χ2n) is 7.15. The maximum atomic E-state index is 5.77. The van der Waals surface area contributed by atoms with Gasteiger partial charge in [0.15, 0.2) is 0 Å². The van der Waals surface area contributed by atoms with Crippen LogP contribution in [0.25, 0.3) is 33.5 Å². The summed E-state index contributed by atoms with van der Waals surface area (Å²) in [7, 11) is 1.74. The molecule has 0 heterocycles. The summed E-state index contributed by atoms with van der Waals surface area (Å²) in [5.41, 5.74) is 4.80. The number of fused-ring (bicyclic) bond motifs is 1. The van der Waals surface area contributed by atoms with Crippen LogP contribution in [0, 0.1) is 3.57 Å².